The van der Waals surface area contributed by atoms with Gasteiger partial charge in [0.05, 0.1) is 13.7 Å². The number of carbonyl (C=O) groups excluding carboxylic acids is 2. The highest BCUT2D eigenvalue weighted by Gasteiger charge is 2.27. The minimum atomic E-state index is -0.680. The molecule has 2 heterocycles. The summed E-state index contributed by atoms with van der Waals surface area (Å²) in [5.41, 5.74) is -0.324. The Kier molecular flexibility index (Phi) is 5.11. The van der Waals surface area contributed by atoms with E-state index >= 15 is 0 Å². The fourth-order valence-corrected chi connectivity index (χ4v) is 2.85. The SMILES string of the molecule is CCOC(=O)N1CCN(C(=O)c2cc3cc(OC)ccc3oc2=O)CC1. The molecule has 0 N–H and O–H groups in total. The lowest BCUT2D eigenvalue weighted by Crippen LogP contribution is -2.51. The van der Waals surface area contributed by atoms with Crippen LogP contribution < -0.4 is 10.4 Å². The molecule has 3 rings (SSSR count). The number of piperazine rings is 1. The fourth-order valence-electron chi connectivity index (χ4n) is 2.85. The third-order valence-corrected chi connectivity index (χ3v) is 4.26. The molecule has 138 valence electrons. The molecule has 1 aliphatic rings. The van der Waals surface area contributed by atoms with Crippen LogP contribution in [0.2, 0.25) is 0 Å². The standard InChI is InChI=1S/C18H20N2O6/c1-3-25-18(23)20-8-6-19(7-9-20)16(21)14-11-12-10-13(24-2)4-5-15(12)26-17(14)22/h4-5,10-11H,3,6-9H2,1-2H3. The van der Waals surface area contributed by atoms with Gasteiger partial charge in [0.1, 0.15) is 16.9 Å². The van der Waals surface area contributed by atoms with Gasteiger partial charge in [-0.05, 0) is 31.2 Å². The summed E-state index contributed by atoms with van der Waals surface area (Å²) in [5.74, 6) is 0.194. The molecule has 26 heavy (non-hydrogen) atoms. The van der Waals surface area contributed by atoms with Gasteiger partial charge in [-0.2, -0.15) is 0 Å². The third kappa shape index (κ3) is 3.49. The first-order valence-corrected chi connectivity index (χ1v) is 8.36. The van der Waals surface area contributed by atoms with Gasteiger partial charge in [0.25, 0.3) is 5.91 Å². The number of hydrogen-bond acceptors (Lipinski definition) is 6. The van der Waals surface area contributed by atoms with Crippen molar-refractivity contribution in [1.29, 1.82) is 0 Å². The van der Waals surface area contributed by atoms with Crippen molar-refractivity contribution in [2.45, 2.75) is 6.92 Å². The molecule has 8 nitrogen and oxygen atoms in total. The lowest BCUT2D eigenvalue weighted by Gasteiger charge is -2.33. The van der Waals surface area contributed by atoms with Gasteiger partial charge in [-0.15, -0.1) is 0 Å². The van der Waals surface area contributed by atoms with Crippen LogP contribution in [-0.2, 0) is 4.74 Å². The highest BCUT2D eigenvalue weighted by molar-refractivity contribution is 5.97. The second kappa shape index (κ2) is 7.47. The molecule has 0 bridgehead atoms. The highest BCUT2D eigenvalue weighted by Crippen LogP contribution is 2.21. The van der Waals surface area contributed by atoms with Crippen LogP contribution in [0.25, 0.3) is 11.0 Å². The van der Waals surface area contributed by atoms with Crippen LogP contribution >= 0.6 is 0 Å². The molecule has 1 saturated heterocycles. The van der Waals surface area contributed by atoms with Crippen LogP contribution in [0.4, 0.5) is 4.79 Å². The van der Waals surface area contributed by atoms with Gasteiger partial charge in [0, 0.05) is 31.6 Å². The number of hydrogen-bond donors (Lipinski definition) is 0. The molecule has 0 saturated carbocycles. The van der Waals surface area contributed by atoms with Crippen molar-refractivity contribution in [3.8, 4) is 5.75 Å². The zero-order valence-corrected chi connectivity index (χ0v) is 14.7. The van der Waals surface area contributed by atoms with Crippen LogP contribution in [-0.4, -0.2) is 61.7 Å². The van der Waals surface area contributed by atoms with E-state index in [4.69, 9.17) is 13.9 Å². The number of nitrogens with zero attached hydrogens (tertiary/aromatic N) is 2. The number of fused-ring (bicyclic) bond motifs is 1. The summed E-state index contributed by atoms with van der Waals surface area (Å²) in [6.45, 7) is 3.42. The Balaban J connectivity index is 1.79. The highest BCUT2D eigenvalue weighted by atomic mass is 16.6. The van der Waals surface area contributed by atoms with Crippen molar-refractivity contribution in [1.82, 2.24) is 9.80 Å². The topological polar surface area (TPSA) is 89.3 Å². The summed E-state index contributed by atoms with van der Waals surface area (Å²) in [4.78, 5) is 39.7. The van der Waals surface area contributed by atoms with E-state index in [0.29, 0.717) is 49.5 Å². The molecule has 0 unspecified atom stereocenters. The van der Waals surface area contributed by atoms with Gasteiger partial charge in [0.2, 0.25) is 0 Å². The Morgan fingerprint density at radius 1 is 1.12 bits per heavy atom. The summed E-state index contributed by atoms with van der Waals surface area (Å²) in [6, 6.07) is 6.53. The summed E-state index contributed by atoms with van der Waals surface area (Å²) < 4.78 is 15.4. The van der Waals surface area contributed by atoms with E-state index in [0.717, 1.165) is 0 Å². The lowest BCUT2D eigenvalue weighted by molar-refractivity contribution is 0.0567. The van der Waals surface area contributed by atoms with Crippen molar-refractivity contribution < 1.29 is 23.5 Å². The van der Waals surface area contributed by atoms with E-state index in [-0.39, 0.29) is 5.56 Å². The molecule has 2 aromatic rings. The molecule has 0 spiro atoms. The monoisotopic (exact) mass is 360 g/mol. The molecule has 2 amide bonds. The smallest absolute Gasteiger partial charge is 0.409 e. The van der Waals surface area contributed by atoms with Gasteiger partial charge >= 0.3 is 11.7 Å². The van der Waals surface area contributed by atoms with Crippen molar-refractivity contribution in [3.05, 3.63) is 40.2 Å². The molecular formula is C18H20N2O6. The Morgan fingerprint density at radius 2 is 1.81 bits per heavy atom. The number of rotatable bonds is 3. The zero-order chi connectivity index (χ0) is 18.7. The molecule has 1 aromatic heterocycles. The second-order valence-electron chi connectivity index (χ2n) is 5.83. The predicted octanol–water partition coefficient (Wildman–Crippen LogP) is 1.72. The van der Waals surface area contributed by atoms with Crippen LogP contribution in [0, 0.1) is 0 Å². The normalized spacial score (nSPS) is 14.4. The predicted molar refractivity (Wildman–Crippen MR) is 93.5 cm³/mol. The van der Waals surface area contributed by atoms with E-state index in [1.807, 2.05) is 0 Å². The quantitative estimate of drug-likeness (QED) is 0.774. The molecular weight excluding hydrogens is 340 g/mol. The second-order valence-corrected chi connectivity index (χ2v) is 5.83. The number of ether oxygens (including phenoxy) is 2. The van der Waals surface area contributed by atoms with Gasteiger partial charge in [-0.3, -0.25) is 4.79 Å². The van der Waals surface area contributed by atoms with E-state index < -0.39 is 17.6 Å². The Hall–Kier alpha value is -3.03. The van der Waals surface area contributed by atoms with Gasteiger partial charge in [-0.25, -0.2) is 9.59 Å². The fraction of sp³-hybridized carbons (Fsp3) is 0.389. The van der Waals surface area contributed by atoms with E-state index in [9.17, 15) is 14.4 Å². The number of benzene rings is 1. The Labute approximate surface area is 149 Å². The molecule has 0 radical (unpaired) electrons. The van der Waals surface area contributed by atoms with Crippen molar-refractivity contribution in [2.24, 2.45) is 0 Å². The maximum Gasteiger partial charge on any atom is 0.409 e. The maximum absolute atomic E-state index is 12.7. The van der Waals surface area contributed by atoms with Crippen LogP contribution in [0.15, 0.2) is 33.5 Å². The first kappa shape index (κ1) is 17.8. The van der Waals surface area contributed by atoms with Crippen molar-refractivity contribution in [2.75, 3.05) is 39.9 Å². The van der Waals surface area contributed by atoms with Gasteiger partial charge in [0.15, 0.2) is 0 Å². The summed E-state index contributed by atoms with van der Waals surface area (Å²) in [5, 5.41) is 0.609. The largest absolute Gasteiger partial charge is 0.497 e. The lowest BCUT2D eigenvalue weighted by atomic mass is 10.1. The minimum absolute atomic E-state index is 0.0321. The van der Waals surface area contributed by atoms with E-state index in [2.05, 4.69) is 0 Å². The molecule has 8 heteroatoms. The van der Waals surface area contributed by atoms with Crippen LogP contribution in [0.1, 0.15) is 17.3 Å². The third-order valence-electron chi connectivity index (χ3n) is 4.26. The Bertz CT molecular complexity index is 883. The van der Waals surface area contributed by atoms with Crippen LogP contribution in [0.5, 0.6) is 5.75 Å². The van der Waals surface area contributed by atoms with Crippen molar-refractivity contribution >= 4 is 23.0 Å². The Morgan fingerprint density at radius 3 is 2.46 bits per heavy atom. The summed E-state index contributed by atoms with van der Waals surface area (Å²) in [7, 11) is 1.54. The molecule has 0 atom stereocenters. The number of carbonyl (C=O) groups is 2. The average Bonchev–Trinajstić information content (AvgIpc) is 2.67. The molecule has 1 aromatic carbocycles. The van der Waals surface area contributed by atoms with Crippen LogP contribution in [0.3, 0.4) is 0 Å². The minimum Gasteiger partial charge on any atom is -0.497 e. The number of methoxy groups -OCH3 is 1. The van der Waals surface area contributed by atoms with E-state index in [1.54, 1.807) is 30.0 Å². The molecule has 0 aliphatic carbocycles. The summed E-state index contributed by atoms with van der Waals surface area (Å²) in [6.07, 6.45) is -0.392. The maximum atomic E-state index is 12.7. The van der Waals surface area contributed by atoms with Gasteiger partial charge < -0.3 is 23.7 Å². The average molecular weight is 360 g/mol. The summed E-state index contributed by atoms with van der Waals surface area (Å²) >= 11 is 0. The first-order valence-electron chi connectivity index (χ1n) is 8.36. The molecule has 1 fully saturated rings. The van der Waals surface area contributed by atoms with Gasteiger partial charge in [-0.1, -0.05) is 0 Å². The van der Waals surface area contributed by atoms with E-state index in [1.165, 1.54) is 18.1 Å². The zero-order valence-electron chi connectivity index (χ0n) is 14.7. The number of amides is 2. The molecule has 1 aliphatic heterocycles. The van der Waals surface area contributed by atoms with Crippen molar-refractivity contribution in [3.63, 3.8) is 0 Å². The first-order chi connectivity index (χ1) is 12.5.